The molecule has 0 aliphatic rings. The molecule has 24 heavy (non-hydrogen) atoms. The van der Waals surface area contributed by atoms with Crippen LogP contribution in [0, 0.1) is 13.8 Å². The fraction of sp³-hybridized carbons (Fsp3) is 0.188. The summed E-state index contributed by atoms with van der Waals surface area (Å²) in [4.78, 5) is 10.1. The lowest BCUT2D eigenvalue weighted by molar-refractivity contribution is 1.20. The highest BCUT2D eigenvalue weighted by atomic mass is 35.5. The van der Waals surface area contributed by atoms with Crippen molar-refractivity contribution >= 4 is 56.7 Å². The Kier molecular flexibility index (Phi) is 5.20. The molecule has 0 aliphatic heterocycles. The van der Waals surface area contributed by atoms with Crippen LogP contribution >= 0.6 is 45.9 Å². The minimum Gasteiger partial charge on any atom is -0.252 e. The monoisotopic (exact) mass is 396 g/mol. The molecule has 0 atom stereocenters. The Morgan fingerprint density at radius 3 is 2.62 bits per heavy atom. The molecular formula is C16H14Cl2N4S2. The zero-order valence-electron chi connectivity index (χ0n) is 13.2. The van der Waals surface area contributed by atoms with Gasteiger partial charge in [-0.3, -0.25) is 5.43 Å². The molecule has 0 unspecified atom stereocenters. The lowest BCUT2D eigenvalue weighted by Crippen LogP contribution is -1.99. The molecular weight excluding hydrogens is 383 g/mol. The average molecular weight is 397 g/mol. The molecule has 3 rings (SSSR count). The predicted octanol–water partition coefficient (Wildman–Crippen LogP) is 6.03. The van der Waals surface area contributed by atoms with Gasteiger partial charge < -0.3 is 0 Å². The topological polar surface area (TPSA) is 50.2 Å². The number of rotatable bonds is 4. The molecule has 8 heteroatoms. The van der Waals surface area contributed by atoms with Crippen LogP contribution in [-0.2, 0) is 0 Å². The van der Waals surface area contributed by atoms with Crippen molar-refractivity contribution in [2.24, 2.45) is 5.10 Å². The van der Waals surface area contributed by atoms with E-state index in [9.17, 15) is 0 Å². The molecule has 0 spiro atoms. The van der Waals surface area contributed by atoms with E-state index in [4.69, 9.17) is 23.2 Å². The minimum absolute atomic E-state index is 0.510. The zero-order valence-corrected chi connectivity index (χ0v) is 16.4. The first-order valence-corrected chi connectivity index (χ1v) is 9.55. The Balaban J connectivity index is 1.77. The van der Waals surface area contributed by atoms with Gasteiger partial charge in [-0.05, 0) is 38.5 Å². The first kappa shape index (κ1) is 17.4. The highest BCUT2D eigenvalue weighted by Gasteiger charge is 2.11. The van der Waals surface area contributed by atoms with E-state index in [-0.39, 0.29) is 0 Å². The van der Waals surface area contributed by atoms with Crippen molar-refractivity contribution in [1.29, 1.82) is 0 Å². The quantitative estimate of drug-likeness (QED) is 0.432. The van der Waals surface area contributed by atoms with E-state index in [1.807, 2.05) is 32.2 Å². The molecule has 0 aliphatic carbocycles. The third-order valence-corrected chi connectivity index (χ3v) is 5.88. The third kappa shape index (κ3) is 3.78. The number of anilines is 1. The van der Waals surface area contributed by atoms with Crippen LogP contribution in [0.1, 0.15) is 23.2 Å². The van der Waals surface area contributed by atoms with Gasteiger partial charge in [-0.15, -0.1) is 22.7 Å². The van der Waals surface area contributed by atoms with Crippen LogP contribution < -0.4 is 5.43 Å². The Morgan fingerprint density at radius 1 is 1.17 bits per heavy atom. The summed E-state index contributed by atoms with van der Waals surface area (Å²) < 4.78 is 0. The summed E-state index contributed by atoms with van der Waals surface area (Å²) in [7, 11) is 0. The van der Waals surface area contributed by atoms with Gasteiger partial charge in [0.2, 0.25) is 5.13 Å². The number of hydrogen-bond donors (Lipinski definition) is 1. The predicted molar refractivity (Wildman–Crippen MR) is 105 cm³/mol. The summed E-state index contributed by atoms with van der Waals surface area (Å²) in [6.45, 7) is 5.90. The Hall–Kier alpha value is -1.47. The highest BCUT2D eigenvalue weighted by molar-refractivity contribution is 7.16. The number of nitrogens with one attached hydrogen (secondary N) is 1. The van der Waals surface area contributed by atoms with Crippen LogP contribution in [0.4, 0.5) is 5.13 Å². The number of nitrogens with zero attached hydrogens (tertiary/aromatic N) is 3. The molecule has 2 heterocycles. The van der Waals surface area contributed by atoms with Crippen molar-refractivity contribution in [3.8, 4) is 10.6 Å². The second-order valence-corrected chi connectivity index (χ2v) is 8.00. The summed E-state index contributed by atoms with van der Waals surface area (Å²) in [6.07, 6.45) is 0. The van der Waals surface area contributed by atoms with Crippen molar-refractivity contribution in [3.63, 3.8) is 0 Å². The fourth-order valence-electron chi connectivity index (χ4n) is 2.12. The van der Waals surface area contributed by atoms with E-state index in [1.54, 1.807) is 23.5 Å². The second kappa shape index (κ2) is 7.19. The maximum Gasteiger partial charge on any atom is 0.203 e. The molecule has 0 saturated heterocycles. The van der Waals surface area contributed by atoms with E-state index in [1.165, 1.54) is 11.3 Å². The lowest BCUT2D eigenvalue weighted by Gasteiger charge is -2.03. The largest absolute Gasteiger partial charge is 0.252 e. The van der Waals surface area contributed by atoms with E-state index in [0.717, 1.165) is 37.7 Å². The third-order valence-electron chi connectivity index (χ3n) is 3.30. The first-order chi connectivity index (χ1) is 11.4. The van der Waals surface area contributed by atoms with Crippen molar-refractivity contribution in [3.05, 3.63) is 49.9 Å². The molecule has 0 bridgehead atoms. The van der Waals surface area contributed by atoms with Crippen molar-refractivity contribution < 1.29 is 0 Å². The van der Waals surface area contributed by atoms with Gasteiger partial charge in [0.05, 0.1) is 37.0 Å². The molecule has 2 aromatic heterocycles. The number of thiazole rings is 2. The summed E-state index contributed by atoms with van der Waals surface area (Å²) in [5, 5.41) is 9.19. The van der Waals surface area contributed by atoms with Gasteiger partial charge in [-0.25, -0.2) is 9.97 Å². The molecule has 0 amide bonds. The number of halogens is 2. The van der Waals surface area contributed by atoms with Gasteiger partial charge in [0.25, 0.3) is 0 Å². The van der Waals surface area contributed by atoms with E-state index < -0.39 is 0 Å². The second-order valence-electron chi connectivity index (χ2n) is 5.12. The summed E-state index contributed by atoms with van der Waals surface area (Å²) in [5.74, 6) is 0. The van der Waals surface area contributed by atoms with Gasteiger partial charge in [0, 0.05) is 5.38 Å². The van der Waals surface area contributed by atoms with Crippen molar-refractivity contribution in [1.82, 2.24) is 9.97 Å². The lowest BCUT2D eigenvalue weighted by atomic mass is 10.1. The summed E-state index contributed by atoms with van der Waals surface area (Å²) in [6, 6.07) is 5.43. The standard InChI is InChI=1S/C16H14Cl2N4S2/c1-8(11-4-5-12(17)13(18)6-11)21-22-16-20-14(7-23-16)15-9(2)19-10(3)24-15/h4-7H,1-3H3,(H,20,22)/b21-8+. The van der Waals surface area contributed by atoms with Gasteiger partial charge in [-0.2, -0.15) is 5.10 Å². The molecule has 4 nitrogen and oxygen atoms in total. The minimum atomic E-state index is 0.510. The zero-order chi connectivity index (χ0) is 17.3. The SMILES string of the molecule is C/C(=N\Nc1nc(-c2sc(C)nc2C)cs1)c1ccc(Cl)c(Cl)c1. The molecule has 1 aromatic carbocycles. The van der Waals surface area contributed by atoms with Crippen LogP contribution in [0.25, 0.3) is 10.6 Å². The molecule has 124 valence electrons. The summed E-state index contributed by atoms with van der Waals surface area (Å²) >= 11 is 15.1. The van der Waals surface area contributed by atoms with Crippen LogP contribution in [0.3, 0.4) is 0 Å². The van der Waals surface area contributed by atoms with Crippen molar-refractivity contribution in [2.75, 3.05) is 5.43 Å². The van der Waals surface area contributed by atoms with Crippen LogP contribution in [0.2, 0.25) is 10.0 Å². The number of benzene rings is 1. The number of hydrazone groups is 1. The van der Waals surface area contributed by atoms with Crippen molar-refractivity contribution in [2.45, 2.75) is 20.8 Å². The number of hydrogen-bond acceptors (Lipinski definition) is 6. The average Bonchev–Trinajstić information content (AvgIpc) is 3.13. The van der Waals surface area contributed by atoms with Gasteiger partial charge in [0.1, 0.15) is 0 Å². The molecule has 0 fully saturated rings. The first-order valence-electron chi connectivity index (χ1n) is 7.09. The van der Waals surface area contributed by atoms with Gasteiger partial charge >= 0.3 is 0 Å². The number of aryl methyl sites for hydroxylation is 2. The Labute approximate surface area is 158 Å². The molecule has 3 aromatic rings. The van der Waals surface area contributed by atoms with Crippen LogP contribution in [0.5, 0.6) is 0 Å². The van der Waals surface area contributed by atoms with Gasteiger partial charge in [0.15, 0.2) is 0 Å². The maximum atomic E-state index is 6.04. The van der Waals surface area contributed by atoms with E-state index >= 15 is 0 Å². The Bertz CT molecular complexity index is 915. The maximum absolute atomic E-state index is 6.04. The van der Waals surface area contributed by atoms with Crippen LogP contribution in [-0.4, -0.2) is 15.7 Å². The fourth-order valence-corrected chi connectivity index (χ4v) is 4.01. The van der Waals surface area contributed by atoms with E-state index in [0.29, 0.717) is 10.0 Å². The molecule has 0 saturated carbocycles. The molecule has 0 radical (unpaired) electrons. The Morgan fingerprint density at radius 2 is 1.96 bits per heavy atom. The van der Waals surface area contributed by atoms with E-state index in [2.05, 4.69) is 20.5 Å². The van der Waals surface area contributed by atoms with Gasteiger partial charge in [-0.1, -0.05) is 29.3 Å². The smallest absolute Gasteiger partial charge is 0.203 e. The normalized spacial score (nSPS) is 11.8. The number of aromatic nitrogens is 2. The van der Waals surface area contributed by atoms with Crippen LogP contribution in [0.15, 0.2) is 28.7 Å². The highest BCUT2D eigenvalue weighted by Crippen LogP contribution is 2.32. The molecule has 1 N–H and O–H groups in total. The summed E-state index contributed by atoms with van der Waals surface area (Å²) in [5.41, 5.74) is 6.63.